The number of nitrogens with zero attached hydrogens (tertiary/aromatic N) is 2. The summed E-state index contributed by atoms with van der Waals surface area (Å²) in [5.74, 6) is 0.703. The molecule has 0 aliphatic carbocycles. The number of hydrogen-bond donors (Lipinski definition) is 0. The van der Waals surface area contributed by atoms with Gasteiger partial charge in [-0.2, -0.15) is 0 Å². The van der Waals surface area contributed by atoms with Crippen molar-refractivity contribution in [1.29, 1.82) is 0 Å². The van der Waals surface area contributed by atoms with Crippen LogP contribution >= 0.6 is 0 Å². The zero-order valence-corrected chi connectivity index (χ0v) is 14.7. The van der Waals surface area contributed by atoms with Crippen LogP contribution in [0.15, 0.2) is 36.4 Å². The minimum atomic E-state index is -0.371. The standard InChI is InChI=1S/C19H22N2O4/c1-13(2)20(17-6-4-14(3)5-7-17)10-15-8-18(21(22)23)9-16-11-24-12-25-19(15)16/h4-9,13H,10-12H2,1-3H3. The summed E-state index contributed by atoms with van der Waals surface area (Å²) in [6, 6.07) is 11.6. The third kappa shape index (κ3) is 3.74. The Morgan fingerprint density at radius 2 is 1.96 bits per heavy atom. The Kier molecular flexibility index (Phi) is 4.90. The van der Waals surface area contributed by atoms with E-state index >= 15 is 0 Å². The first-order valence-electron chi connectivity index (χ1n) is 8.29. The zero-order valence-electron chi connectivity index (χ0n) is 14.7. The number of rotatable bonds is 5. The van der Waals surface area contributed by atoms with Gasteiger partial charge in [0.2, 0.25) is 0 Å². The van der Waals surface area contributed by atoms with Gasteiger partial charge in [0.1, 0.15) is 5.75 Å². The Hall–Kier alpha value is -2.60. The topological polar surface area (TPSA) is 64.8 Å². The Morgan fingerprint density at radius 1 is 1.24 bits per heavy atom. The highest BCUT2D eigenvalue weighted by Crippen LogP contribution is 2.34. The summed E-state index contributed by atoms with van der Waals surface area (Å²) in [5, 5.41) is 11.3. The zero-order chi connectivity index (χ0) is 18.0. The number of non-ortho nitro benzene ring substituents is 1. The van der Waals surface area contributed by atoms with Gasteiger partial charge in [0.25, 0.3) is 5.69 Å². The van der Waals surface area contributed by atoms with E-state index in [4.69, 9.17) is 9.47 Å². The molecule has 0 spiro atoms. The minimum absolute atomic E-state index is 0.0652. The van der Waals surface area contributed by atoms with Crippen molar-refractivity contribution in [2.75, 3.05) is 11.7 Å². The van der Waals surface area contributed by atoms with Crippen LogP contribution < -0.4 is 9.64 Å². The summed E-state index contributed by atoms with van der Waals surface area (Å²) < 4.78 is 10.9. The maximum Gasteiger partial charge on any atom is 0.270 e. The number of benzene rings is 2. The molecule has 0 saturated carbocycles. The van der Waals surface area contributed by atoms with E-state index < -0.39 is 0 Å². The van der Waals surface area contributed by atoms with E-state index in [0.717, 1.165) is 16.8 Å². The van der Waals surface area contributed by atoms with Gasteiger partial charge in [0.15, 0.2) is 6.79 Å². The number of nitro groups is 1. The molecular weight excluding hydrogens is 320 g/mol. The monoisotopic (exact) mass is 342 g/mol. The lowest BCUT2D eigenvalue weighted by Crippen LogP contribution is -2.30. The number of nitro benzene ring substituents is 1. The van der Waals surface area contributed by atoms with E-state index in [1.807, 2.05) is 6.92 Å². The molecular formula is C19H22N2O4. The number of aryl methyl sites for hydroxylation is 1. The summed E-state index contributed by atoms with van der Waals surface area (Å²) in [5.41, 5.74) is 3.87. The van der Waals surface area contributed by atoms with E-state index in [-0.39, 0.29) is 23.4 Å². The molecule has 0 aromatic heterocycles. The number of fused-ring (bicyclic) bond motifs is 1. The maximum atomic E-state index is 11.3. The smallest absolute Gasteiger partial charge is 0.270 e. The van der Waals surface area contributed by atoms with Gasteiger partial charge >= 0.3 is 0 Å². The van der Waals surface area contributed by atoms with Gasteiger partial charge in [0, 0.05) is 41.5 Å². The summed E-state index contributed by atoms with van der Waals surface area (Å²) in [7, 11) is 0. The molecule has 1 aliphatic heterocycles. The summed E-state index contributed by atoms with van der Waals surface area (Å²) in [4.78, 5) is 13.1. The molecule has 0 N–H and O–H groups in total. The second-order valence-electron chi connectivity index (χ2n) is 6.52. The average molecular weight is 342 g/mol. The van der Waals surface area contributed by atoms with E-state index in [1.54, 1.807) is 6.07 Å². The first-order chi connectivity index (χ1) is 12.0. The maximum absolute atomic E-state index is 11.3. The van der Waals surface area contributed by atoms with E-state index in [2.05, 4.69) is 43.0 Å². The van der Waals surface area contributed by atoms with Crippen molar-refractivity contribution >= 4 is 11.4 Å². The van der Waals surface area contributed by atoms with Crippen molar-refractivity contribution in [2.24, 2.45) is 0 Å². The van der Waals surface area contributed by atoms with Gasteiger partial charge in [-0.1, -0.05) is 17.7 Å². The molecule has 6 heteroatoms. The molecule has 25 heavy (non-hydrogen) atoms. The van der Waals surface area contributed by atoms with Crippen LogP contribution in [0.1, 0.15) is 30.5 Å². The van der Waals surface area contributed by atoms with Crippen molar-refractivity contribution in [3.63, 3.8) is 0 Å². The molecule has 2 aromatic carbocycles. The van der Waals surface area contributed by atoms with E-state index in [9.17, 15) is 10.1 Å². The first-order valence-corrected chi connectivity index (χ1v) is 8.29. The Morgan fingerprint density at radius 3 is 2.60 bits per heavy atom. The molecule has 0 atom stereocenters. The molecule has 0 amide bonds. The van der Waals surface area contributed by atoms with Crippen LogP contribution in [0.3, 0.4) is 0 Å². The molecule has 0 bridgehead atoms. The molecule has 3 rings (SSSR count). The lowest BCUT2D eigenvalue weighted by Gasteiger charge is -2.31. The normalized spacial score (nSPS) is 13.3. The van der Waals surface area contributed by atoms with Crippen molar-refractivity contribution in [1.82, 2.24) is 0 Å². The fourth-order valence-corrected chi connectivity index (χ4v) is 3.00. The summed E-state index contributed by atoms with van der Waals surface area (Å²) in [6.45, 7) is 7.29. The quantitative estimate of drug-likeness (QED) is 0.602. The van der Waals surface area contributed by atoms with Crippen LogP contribution in [0.2, 0.25) is 0 Å². The van der Waals surface area contributed by atoms with Gasteiger partial charge in [0.05, 0.1) is 11.5 Å². The summed E-state index contributed by atoms with van der Waals surface area (Å²) >= 11 is 0. The fourth-order valence-electron chi connectivity index (χ4n) is 3.00. The van der Waals surface area contributed by atoms with Crippen molar-refractivity contribution < 1.29 is 14.4 Å². The molecule has 0 unspecified atom stereocenters. The fraction of sp³-hybridized carbons (Fsp3) is 0.368. The van der Waals surface area contributed by atoms with Crippen LogP contribution in [-0.4, -0.2) is 17.8 Å². The van der Waals surface area contributed by atoms with Gasteiger partial charge in [-0.25, -0.2) is 0 Å². The number of ether oxygens (including phenoxy) is 2. The number of anilines is 1. The highest BCUT2D eigenvalue weighted by Gasteiger charge is 2.23. The number of hydrogen-bond acceptors (Lipinski definition) is 5. The van der Waals surface area contributed by atoms with E-state index in [0.29, 0.717) is 18.9 Å². The molecule has 132 valence electrons. The van der Waals surface area contributed by atoms with Crippen LogP contribution in [0.4, 0.5) is 11.4 Å². The highest BCUT2D eigenvalue weighted by atomic mass is 16.7. The summed E-state index contributed by atoms with van der Waals surface area (Å²) in [6.07, 6.45) is 0. The Bertz CT molecular complexity index is 772. The first kappa shape index (κ1) is 17.2. The third-order valence-electron chi connectivity index (χ3n) is 4.31. The second kappa shape index (κ2) is 7.11. The minimum Gasteiger partial charge on any atom is -0.467 e. The SMILES string of the molecule is Cc1ccc(N(Cc2cc([N+](=O)[O-])cc3c2OCOC3)C(C)C)cc1. The van der Waals surface area contributed by atoms with Gasteiger partial charge in [-0.05, 0) is 32.9 Å². The molecule has 1 heterocycles. The van der Waals surface area contributed by atoms with Crippen LogP contribution in [0.25, 0.3) is 0 Å². The van der Waals surface area contributed by atoms with Crippen molar-refractivity contribution in [2.45, 2.75) is 40.0 Å². The predicted octanol–water partition coefficient (Wildman–Crippen LogP) is 4.18. The van der Waals surface area contributed by atoms with Gasteiger partial charge < -0.3 is 14.4 Å². The molecule has 2 aromatic rings. The Labute approximate surface area is 147 Å². The molecule has 0 radical (unpaired) electrons. The van der Waals surface area contributed by atoms with Gasteiger partial charge in [-0.3, -0.25) is 10.1 Å². The third-order valence-corrected chi connectivity index (χ3v) is 4.31. The van der Waals surface area contributed by atoms with Crippen molar-refractivity contribution in [3.8, 4) is 5.75 Å². The lowest BCUT2D eigenvalue weighted by atomic mass is 10.0. The van der Waals surface area contributed by atoms with Crippen LogP contribution in [0.5, 0.6) is 5.75 Å². The van der Waals surface area contributed by atoms with E-state index in [1.165, 1.54) is 11.6 Å². The second-order valence-corrected chi connectivity index (χ2v) is 6.52. The highest BCUT2D eigenvalue weighted by molar-refractivity contribution is 5.54. The molecule has 6 nitrogen and oxygen atoms in total. The van der Waals surface area contributed by atoms with Crippen LogP contribution in [0, 0.1) is 17.0 Å². The Balaban J connectivity index is 2.00. The average Bonchev–Trinajstić information content (AvgIpc) is 2.60. The van der Waals surface area contributed by atoms with Crippen LogP contribution in [-0.2, 0) is 17.9 Å². The molecule has 0 fully saturated rings. The molecule has 0 saturated heterocycles. The lowest BCUT2D eigenvalue weighted by molar-refractivity contribution is -0.385. The predicted molar refractivity (Wildman–Crippen MR) is 95.9 cm³/mol. The van der Waals surface area contributed by atoms with Gasteiger partial charge in [-0.15, -0.1) is 0 Å². The largest absolute Gasteiger partial charge is 0.467 e. The molecule has 1 aliphatic rings. The van der Waals surface area contributed by atoms with Crippen molar-refractivity contribution in [3.05, 3.63) is 63.2 Å².